The molecule has 1 aliphatic heterocycles. The van der Waals surface area contributed by atoms with Gasteiger partial charge in [-0.2, -0.15) is 0 Å². The summed E-state index contributed by atoms with van der Waals surface area (Å²) in [6.45, 7) is 10.2. The maximum atomic E-state index is 11.2. The highest BCUT2D eigenvalue weighted by molar-refractivity contribution is 6.32. The van der Waals surface area contributed by atoms with E-state index in [2.05, 4.69) is 25.7 Å². The number of hydrogen-bond donors (Lipinski definition) is 3. The molecule has 1 aromatic carbocycles. The monoisotopic (exact) mass is 439 g/mol. The highest BCUT2D eigenvalue weighted by atomic mass is 35.5. The van der Waals surface area contributed by atoms with Crippen LogP contribution in [0.1, 0.15) is 58.4 Å². The van der Waals surface area contributed by atoms with Crippen LogP contribution in [0.3, 0.4) is 0 Å². The predicted molar refractivity (Wildman–Crippen MR) is 120 cm³/mol. The molecular formula is C24H38ClNO4. The van der Waals surface area contributed by atoms with E-state index in [1.54, 1.807) is 6.07 Å². The Morgan fingerprint density at radius 1 is 1.17 bits per heavy atom. The van der Waals surface area contributed by atoms with E-state index in [1.807, 2.05) is 19.1 Å². The molecule has 0 amide bonds. The number of aryl methyl sites for hydroxylation is 1. The van der Waals surface area contributed by atoms with Crippen LogP contribution >= 0.6 is 11.6 Å². The van der Waals surface area contributed by atoms with Crippen molar-refractivity contribution in [2.75, 3.05) is 26.2 Å². The lowest BCUT2D eigenvalue weighted by Crippen LogP contribution is -2.62. The van der Waals surface area contributed by atoms with Crippen molar-refractivity contribution in [1.29, 1.82) is 0 Å². The Morgan fingerprint density at radius 3 is 2.47 bits per heavy atom. The van der Waals surface area contributed by atoms with Gasteiger partial charge in [-0.1, -0.05) is 38.4 Å². The van der Waals surface area contributed by atoms with E-state index in [0.29, 0.717) is 36.2 Å². The van der Waals surface area contributed by atoms with Gasteiger partial charge in [-0.05, 0) is 68.1 Å². The van der Waals surface area contributed by atoms with E-state index in [4.69, 9.17) is 16.3 Å². The van der Waals surface area contributed by atoms with Gasteiger partial charge in [0.15, 0.2) is 0 Å². The number of likely N-dealkylation sites (tertiary alicyclic amines) is 1. The molecule has 1 saturated heterocycles. The summed E-state index contributed by atoms with van der Waals surface area (Å²) in [7, 11) is 0. The van der Waals surface area contributed by atoms with Crippen LogP contribution < -0.4 is 4.74 Å². The number of β-amino-alcohol motifs (C(OH)–C–C–N with tert-alkyl or cyclic N) is 2. The standard InChI is InChI=1S/C24H38ClNO4/c1-17-5-6-19(25)20(13-17)30-16-24(29)15-26(12-9-21(24)27)14-23(28)10-7-18(8-11-23)22(2,3)4/h5-6,13,18,21,27-29H,7-12,14-16H2,1-4H3/t18?,21-,23?,24-/m0/s1. The number of piperidine rings is 1. The second kappa shape index (κ2) is 8.95. The number of aliphatic hydroxyl groups excluding tert-OH is 1. The number of nitrogens with zero attached hydrogens (tertiary/aromatic N) is 1. The molecule has 5 nitrogen and oxygen atoms in total. The van der Waals surface area contributed by atoms with Gasteiger partial charge in [0, 0.05) is 19.6 Å². The quantitative estimate of drug-likeness (QED) is 0.650. The van der Waals surface area contributed by atoms with E-state index in [1.165, 1.54) is 0 Å². The number of rotatable bonds is 5. The molecule has 1 saturated carbocycles. The number of hydrogen-bond acceptors (Lipinski definition) is 5. The van der Waals surface area contributed by atoms with Gasteiger partial charge in [-0.25, -0.2) is 0 Å². The minimum atomic E-state index is -1.40. The van der Waals surface area contributed by atoms with E-state index >= 15 is 0 Å². The van der Waals surface area contributed by atoms with Gasteiger partial charge in [0.2, 0.25) is 0 Å². The van der Waals surface area contributed by atoms with Gasteiger partial charge in [-0.3, -0.25) is 4.90 Å². The third-order valence-corrected chi connectivity index (χ3v) is 7.37. The first-order valence-electron chi connectivity index (χ1n) is 11.1. The third-order valence-electron chi connectivity index (χ3n) is 7.06. The molecule has 3 rings (SSSR count). The third kappa shape index (κ3) is 5.68. The zero-order chi connectivity index (χ0) is 22.2. The van der Waals surface area contributed by atoms with E-state index < -0.39 is 17.3 Å². The van der Waals surface area contributed by atoms with Gasteiger partial charge in [-0.15, -0.1) is 0 Å². The maximum Gasteiger partial charge on any atom is 0.138 e. The molecule has 2 fully saturated rings. The highest BCUT2D eigenvalue weighted by Crippen LogP contribution is 2.42. The SMILES string of the molecule is Cc1ccc(Cl)c(OC[C@@]2(O)CN(CC3(O)CCC(C(C)(C)C)CC3)CC[C@@H]2O)c1. The molecule has 1 heterocycles. The second-order valence-electron chi connectivity index (χ2n) is 10.7. The summed E-state index contributed by atoms with van der Waals surface area (Å²) in [4.78, 5) is 2.07. The van der Waals surface area contributed by atoms with Crippen LogP contribution in [0.15, 0.2) is 18.2 Å². The molecule has 1 aliphatic carbocycles. The summed E-state index contributed by atoms with van der Waals surface area (Å²) in [5.74, 6) is 1.14. The number of ether oxygens (including phenoxy) is 1. The largest absolute Gasteiger partial charge is 0.489 e. The average Bonchev–Trinajstić information content (AvgIpc) is 2.65. The zero-order valence-electron chi connectivity index (χ0n) is 18.8. The summed E-state index contributed by atoms with van der Waals surface area (Å²) < 4.78 is 5.81. The summed E-state index contributed by atoms with van der Waals surface area (Å²) >= 11 is 6.20. The number of halogens is 1. The van der Waals surface area contributed by atoms with Gasteiger partial charge in [0.05, 0.1) is 16.7 Å². The van der Waals surface area contributed by atoms with Crippen molar-refractivity contribution in [1.82, 2.24) is 4.90 Å². The summed E-state index contributed by atoms with van der Waals surface area (Å²) in [6.07, 6.45) is 3.18. The molecule has 0 unspecified atom stereocenters. The molecule has 0 bridgehead atoms. The first-order chi connectivity index (χ1) is 13.9. The molecule has 0 spiro atoms. The minimum Gasteiger partial charge on any atom is -0.489 e. The summed E-state index contributed by atoms with van der Waals surface area (Å²) in [5.41, 5.74) is -0.846. The average molecular weight is 440 g/mol. The van der Waals surface area contributed by atoms with Crippen molar-refractivity contribution in [3.8, 4) is 5.75 Å². The Labute approximate surface area is 186 Å². The van der Waals surface area contributed by atoms with E-state index in [-0.39, 0.29) is 18.6 Å². The van der Waals surface area contributed by atoms with Gasteiger partial charge in [0.25, 0.3) is 0 Å². The Bertz CT molecular complexity index is 726. The topological polar surface area (TPSA) is 73.2 Å². The highest BCUT2D eigenvalue weighted by Gasteiger charge is 2.45. The van der Waals surface area contributed by atoms with Crippen LogP contribution in [0.5, 0.6) is 5.75 Å². The Balaban J connectivity index is 1.60. The lowest BCUT2D eigenvalue weighted by atomic mass is 9.68. The fourth-order valence-electron chi connectivity index (χ4n) is 4.94. The van der Waals surface area contributed by atoms with Crippen LogP contribution in [0.25, 0.3) is 0 Å². The van der Waals surface area contributed by atoms with Crippen LogP contribution in [0.2, 0.25) is 5.02 Å². The predicted octanol–water partition coefficient (Wildman–Crippen LogP) is 3.79. The molecular weight excluding hydrogens is 402 g/mol. The molecule has 0 aromatic heterocycles. The van der Waals surface area contributed by atoms with Crippen molar-refractivity contribution in [2.45, 2.75) is 77.1 Å². The number of aliphatic hydroxyl groups is 3. The van der Waals surface area contributed by atoms with Crippen molar-refractivity contribution in [2.24, 2.45) is 11.3 Å². The van der Waals surface area contributed by atoms with Crippen molar-refractivity contribution >= 4 is 11.6 Å². The second-order valence-corrected chi connectivity index (χ2v) is 11.1. The summed E-state index contributed by atoms with van der Waals surface area (Å²) in [5, 5.41) is 33.3. The molecule has 2 aliphatic rings. The van der Waals surface area contributed by atoms with Crippen LogP contribution in [0, 0.1) is 18.3 Å². The lowest BCUT2D eigenvalue weighted by Gasteiger charge is -2.47. The Hall–Kier alpha value is -0.850. The molecule has 30 heavy (non-hydrogen) atoms. The molecule has 3 N–H and O–H groups in total. The van der Waals surface area contributed by atoms with E-state index in [9.17, 15) is 15.3 Å². The first kappa shape index (κ1) is 23.8. The van der Waals surface area contributed by atoms with Gasteiger partial charge >= 0.3 is 0 Å². The molecule has 2 atom stereocenters. The van der Waals surface area contributed by atoms with E-state index in [0.717, 1.165) is 31.2 Å². The first-order valence-corrected chi connectivity index (χ1v) is 11.5. The van der Waals surface area contributed by atoms with Crippen molar-refractivity contribution in [3.63, 3.8) is 0 Å². The fourth-order valence-corrected chi connectivity index (χ4v) is 5.11. The van der Waals surface area contributed by atoms with Crippen molar-refractivity contribution < 1.29 is 20.1 Å². The molecule has 6 heteroatoms. The Morgan fingerprint density at radius 2 is 1.83 bits per heavy atom. The van der Waals surface area contributed by atoms with Gasteiger partial charge in [0.1, 0.15) is 18.0 Å². The number of benzene rings is 1. The fraction of sp³-hybridized carbons (Fsp3) is 0.750. The van der Waals surface area contributed by atoms with Crippen LogP contribution in [0.4, 0.5) is 0 Å². The Kier molecular flexibility index (Phi) is 7.10. The smallest absolute Gasteiger partial charge is 0.138 e. The van der Waals surface area contributed by atoms with Crippen LogP contribution in [-0.2, 0) is 0 Å². The lowest BCUT2D eigenvalue weighted by molar-refractivity contribution is -0.151. The summed E-state index contributed by atoms with van der Waals surface area (Å²) in [6, 6.07) is 5.49. The molecule has 0 radical (unpaired) electrons. The molecule has 1 aromatic rings. The zero-order valence-corrected chi connectivity index (χ0v) is 19.6. The molecule has 170 valence electrons. The van der Waals surface area contributed by atoms with Crippen LogP contribution in [-0.4, -0.2) is 63.8 Å². The van der Waals surface area contributed by atoms with Crippen molar-refractivity contribution in [3.05, 3.63) is 28.8 Å². The normalized spacial score (nSPS) is 33.5. The maximum absolute atomic E-state index is 11.2. The minimum absolute atomic E-state index is 0.0433. The van der Waals surface area contributed by atoms with Gasteiger partial charge < -0.3 is 20.1 Å².